The van der Waals surface area contributed by atoms with Crippen LogP contribution in [0.2, 0.25) is 0 Å². The van der Waals surface area contributed by atoms with Gasteiger partial charge in [-0.2, -0.15) is 0 Å². The lowest BCUT2D eigenvalue weighted by molar-refractivity contribution is -0.145. The van der Waals surface area contributed by atoms with E-state index in [1.165, 1.54) is 11.1 Å². The van der Waals surface area contributed by atoms with Gasteiger partial charge in [0, 0.05) is 57.1 Å². The maximum atomic E-state index is 12.9. The second-order valence-electron chi connectivity index (χ2n) is 9.34. The molecule has 0 bridgehead atoms. The Hall–Kier alpha value is -1.88. The van der Waals surface area contributed by atoms with Crippen LogP contribution in [0.4, 0.5) is 0 Å². The molecule has 2 fully saturated rings. The van der Waals surface area contributed by atoms with Crippen molar-refractivity contribution in [3.63, 3.8) is 0 Å². The fourth-order valence-corrected chi connectivity index (χ4v) is 4.22. The maximum absolute atomic E-state index is 12.9. The fraction of sp³-hybridized carbons (Fsp3) is 0.652. The molecule has 2 saturated heterocycles. The van der Waals surface area contributed by atoms with Crippen molar-refractivity contribution in [2.24, 2.45) is 11.3 Å². The molecule has 0 saturated carbocycles. The van der Waals surface area contributed by atoms with Crippen LogP contribution in [0.15, 0.2) is 24.3 Å². The van der Waals surface area contributed by atoms with Crippen molar-refractivity contribution in [1.82, 2.24) is 14.7 Å². The molecule has 1 aromatic rings. The number of benzene rings is 1. The van der Waals surface area contributed by atoms with Crippen LogP contribution in [0.3, 0.4) is 0 Å². The first-order valence-electron chi connectivity index (χ1n) is 10.6. The average molecular weight is 386 g/mol. The van der Waals surface area contributed by atoms with Gasteiger partial charge in [-0.3, -0.25) is 14.5 Å². The minimum Gasteiger partial charge on any atom is -0.342 e. The molecule has 0 atom stereocenters. The van der Waals surface area contributed by atoms with Crippen molar-refractivity contribution in [2.45, 2.75) is 47.1 Å². The van der Waals surface area contributed by atoms with E-state index < -0.39 is 0 Å². The van der Waals surface area contributed by atoms with Crippen molar-refractivity contribution in [3.8, 4) is 0 Å². The average Bonchev–Trinajstić information content (AvgIpc) is 2.69. The lowest BCUT2D eigenvalue weighted by Crippen LogP contribution is -2.52. The molecule has 2 heterocycles. The summed E-state index contributed by atoms with van der Waals surface area (Å²) in [5.74, 6) is 0.563. The fourth-order valence-electron chi connectivity index (χ4n) is 4.22. The topological polar surface area (TPSA) is 43.9 Å². The Bertz CT molecular complexity index is 694. The van der Waals surface area contributed by atoms with Crippen LogP contribution >= 0.6 is 0 Å². The SMILES string of the molecule is Cc1ccccc1CN1CCN(C(=O)C2CCN(C(=O)C(C)(C)C)CC2)CC1. The largest absolute Gasteiger partial charge is 0.342 e. The number of rotatable bonds is 3. The van der Waals surface area contributed by atoms with Crippen molar-refractivity contribution >= 4 is 11.8 Å². The third-order valence-corrected chi connectivity index (χ3v) is 6.11. The van der Waals surface area contributed by atoms with Gasteiger partial charge < -0.3 is 9.80 Å². The molecule has 1 aromatic carbocycles. The Morgan fingerprint density at radius 3 is 2.11 bits per heavy atom. The number of piperidine rings is 1. The zero-order chi connectivity index (χ0) is 20.3. The summed E-state index contributed by atoms with van der Waals surface area (Å²) in [5, 5.41) is 0. The first-order chi connectivity index (χ1) is 13.3. The van der Waals surface area contributed by atoms with Crippen LogP contribution in [0.1, 0.15) is 44.7 Å². The number of hydrogen-bond donors (Lipinski definition) is 0. The van der Waals surface area contributed by atoms with Crippen molar-refractivity contribution in [1.29, 1.82) is 0 Å². The second-order valence-corrected chi connectivity index (χ2v) is 9.34. The summed E-state index contributed by atoms with van der Waals surface area (Å²) in [6.45, 7) is 13.9. The van der Waals surface area contributed by atoms with Gasteiger partial charge in [-0.05, 0) is 30.9 Å². The lowest BCUT2D eigenvalue weighted by atomic mass is 9.90. The molecule has 5 nitrogen and oxygen atoms in total. The first kappa shape index (κ1) is 20.8. The Balaban J connectivity index is 1.46. The van der Waals surface area contributed by atoms with Gasteiger partial charge in [0.05, 0.1) is 0 Å². The van der Waals surface area contributed by atoms with Gasteiger partial charge in [-0.1, -0.05) is 45.0 Å². The number of carbonyl (C=O) groups is 2. The van der Waals surface area contributed by atoms with E-state index in [0.29, 0.717) is 19.0 Å². The van der Waals surface area contributed by atoms with Gasteiger partial charge >= 0.3 is 0 Å². The highest BCUT2D eigenvalue weighted by molar-refractivity contribution is 5.82. The molecule has 0 aromatic heterocycles. The van der Waals surface area contributed by atoms with E-state index in [2.05, 4.69) is 36.1 Å². The minimum atomic E-state index is -0.343. The van der Waals surface area contributed by atoms with Crippen LogP contribution in [0.25, 0.3) is 0 Å². The molecule has 0 N–H and O–H groups in total. The first-order valence-corrected chi connectivity index (χ1v) is 10.6. The van der Waals surface area contributed by atoms with E-state index in [4.69, 9.17) is 0 Å². The maximum Gasteiger partial charge on any atom is 0.227 e. The molecule has 2 aliphatic heterocycles. The predicted molar refractivity (Wildman–Crippen MR) is 112 cm³/mol. The number of hydrogen-bond acceptors (Lipinski definition) is 3. The van der Waals surface area contributed by atoms with Crippen molar-refractivity contribution < 1.29 is 9.59 Å². The van der Waals surface area contributed by atoms with Gasteiger partial charge in [-0.15, -0.1) is 0 Å². The Kier molecular flexibility index (Phi) is 6.43. The summed E-state index contributed by atoms with van der Waals surface area (Å²) in [6, 6.07) is 8.53. The van der Waals surface area contributed by atoms with Gasteiger partial charge in [0.25, 0.3) is 0 Å². The highest BCUT2D eigenvalue weighted by Crippen LogP contribution is 2.25. The van der Waals surface area contributed by atoms with E-state index in [-0.39, 0.29) is 17.2 Å². The summed E-state index contributed by atoms with van der Waals surface area (Å²) in [5.41, 5.74) is 2.36. The van der Waals surface area contributed by atoms with E-state index >= 15 is 0 Å². The van der Waals surface area contributed by atoms with E-state index in [0.717, 1.165) is 45.6 Å². The Morgan fingerprint density at radius 1 is 0.929 bits per heavy atom. The summed E-state index contributed by atoms with van der Waals surface area (Å²) in [4.78, 5) is 31.8. The van der Waals surface area contributed by atoms with Gasteiger partial charge in [0.1, 0.15) is 0 Å². The Morgan fingerprint density at radius 2 is 1.54 bits per heavy atom. The Labute approximate surface area is 169 Å². The molecule has 28 heavy (non-hydrogen) atoms. The summed E-state index contributed by atoms with van der Waals surface area (Å²) in [6.07, 6.45) is 1.59. The highest BCUT2D eigenvalue weighted by Gasteiger charge is 2.34. The second kappa shape index (κ2) is 8.64. The van der Waals surface area contributed by atoms with Crippen LogP contribution in [0.5, 0.6) is 0 Å². The van der Waals surface area contributed by atoms with Gasteiger partial charge in [-0.25, -0.2) is 0 Å². The molecular formula is C23H35N3O2. The molecule has 0 unspecified atom stereocenters. The molecule has 0 spiro atoms. The number of nitrogens with zero attached hydrogens (tertiary/aromatic N) is 3. The van der Waals surface area contributed by atoms with E-state index in [1.54, 1.807) is 0 Å². The number of carbonyl (C=O) groups excluding carboxylic acids is 2. The minimum absolute atomic E-state index is 0.0759. The standard InChI is InChI=1S/C23H35N3O2/c1-18-7-5-6-8-20(18)17-24-13-15-25(16-14-24)21(27)19-9-11-26(12-10-19)22(28)23(2,3)4/h5-8,19H,9-17H2,1-4H3. The zero-order valence-corrected chi connectivity index (χ0v) is 17.9. The molecule has 0 radical (unpaired) electrons. The zero-order valence-electron chi connectivity index (χ0n) is 17.9. The van der Waals surface area contributed by atoms with Crippen molar-refractivity contribution in [3.05, 3.63) is 35.4 Å². The monoisotopic (exact) mass is 385 g/mol. The number of aryl methyl sites for hydroxylation is 1. The third kappa shape index (κ3) is 4.93. The molecule has 2 amide bonds. The highest BCUT2D eigenvalue weighted by atomic mass is 16.2. The number of amides is 2. The summed E-state index contributed by atoms with van der Waals surface area (Å²) in [7, 11) is 0. The quantitative estimate of drug-likeness (QED) is 0.804. The molecule has 0 aliphatic carbocycles. The smallest absolute Gasteiger partial charge is 0.227 e. The normalized spacial score (nSPS) is 19.7. The third-order valence-electron chi connectivity index (χ3n) is 6.11. The van der Waals surface area contributed by atoms with Crippen molar-refractivity contribution in [2.75, 3.05) is 39.3 Å². The lowest BCUT2D eigenvalue weighted by Gasteiger charge is -2.39. The molecule has 2 aliphatic rings. The summed E-state index contributed by atoms with van der Waals surface area (Å²) >= 11 is 0. The number of piperazine rings is 1. The van der Waals surface area contributed by atoms with Gasteiger partial charge in [0.15, 0.2) is 0 Å². The molecule has 154 valence electrons. The van der Waals surface area contributed by atoms with Crippen LogP contribution < -0.4 is 0 Å². The van der Waals surface area contributed by atoms with Gasteiger partial charge in [0.2, 0.25) is 11.8 Å². The molecule has 3 rings (SSSR count). The van der Waals surface area contributed by atoms with Crippen LogP contribution in [-0.4, -0.2) is 65.8 Å². The molecular weight excluding hydrogens is 350 g/mol. The molecule has 5 heteroatoms. The number of likely N-dealkylation sites (tertiary alicyclic amines) is 1. The summed E-state index contributed by atoms with van der Waals surface area (Å²) < 4.78 is 0. The van der Waals surface area contributed by atoms with E-state index in [9.17, 15) is 9.59 Å². The van der Waals surface area contributed by atoms with E-state index in [1.807, 2.05) is 30.6 Å². The van der Waals surface area contributed by atoms with Crippen LogP contribution in [-0.2, 0) is 16.1 Å². The van der Waals surface area contributed by atoms with Crippen LogP contribution in [0, 0.1) is 18.3 Å². The predicted octanol–water partition coefficient (Wildman–Crippen LogP) is 2.92.